The maximum Gasteiger partial charge on any atom is 0.225 e. The molecule has 4 heteroatoms. The van der Waals surface area contributed by atoms with Crippen molar-refractivity contribution in [2.75, 3.05) is 0 Å². The summed E-state index contributed by atoms with van der Waals surface area (Å²) < 4.78 is 0. The Morgan fingerprint density at radius 2 is 2.27 bits per heavy atom. The highest BCUT2D eigenvalue weighted by molar-refractivity contribution is 7.11. The predicted molar refractivity (Wildman–Crippen MR) is 58.4 cm³/mol. The molecule has 0 unspecified atom stereocenters. The monoisotopic (exact) mass is 219 g/mol. The number of aromatic nitrogens is 1. The number of nitrogens with zero attached hydrogens (tertiary/aromatic N) is 1. The second-order valence-electron chi connectivity index (χ2n) is 3.19. The van der Waals surface area contributed by atoms with Crippen LogP contribution in [0.4, 0.5) is 0 Å². The van der Waals surface area contributed by atoms with E-state index in [9.17, 15) is 9.90 Å². The molecular formula is C11H9NO2S. The number of benzene rings is 1. The molecule has 2 aromatic rings. The number of hydrogen-bond donors (Lipinski definition) is 1. The number of aryl methyl sites for hydroxylation is 1. The van der Waals surface area contributed by atoms with Crippen molar-refractivity contribution >= 4 is 17.1 Å². The van der Waals surface area contributed by atoms with Crippen LogP contribution in [0.15, 0.2) is 29.8 Å². The number of ketones is 1. The normalized spacial score (nSPS) is 10.2. The number of carbonyl (C=O) groups is 1. The Hall–Kier alpha value is -1.68. The van der Waals surface area contributed by atoms with Gasteiger partial charge in [-0.05, 0) is 24.6 Å². The van der Waals surface area contributed by atoms with E-state index in [0.717, 1.165) is 5.56 Å². The average molecular weight is 219 g/mol. The quantitative estimate of drug-likeness (QED) is 0.789. The van der Waals surface area contributed by atoms with E-state index >= 15 is 0 Å². The Labute approximate surface area is 91.0 Å². The molecule has 0 aliphatic carbocycles. The second kappa shape index (κ2) is 3.82. The fourth-order valence-electron chi connectivity index (χ4n) is 1.28. The summed E-state index contributed by atoms with van der Waals surface area (Å²) in [5.74, 6) is -0.224. The number of hydrogen-bond acceptors (Lipinski definition) is 4. The molecule has 1 aromatic heterocycles. The summed E-state index contributed by atoms with van der Waals surface area (Å²) in [4.78, 5) is 15.7. The number of phenols is 1. The van der Waals surface area contributed by atoms with Gasteiger partial charge in [0.1, 0.15) is 5.75 Å². The fourth-order valence-corrected chi connectivity index (χ4v) is 1.87. The third kappa shape index (κ3) is 1.89. The van der Waals surface area contributed by atoms with E-state index in [2.05, 4.69) is 4.98 Å². The lowest BCUT2D eigenvalue weighted by molar-refractivity contribution is 0.103. The van der Waals surface area contributed by atoms with Crippen LogP contribution in [0.2, 0.25) is 0 Å². The molecule has 0 fully saturated rings. The molecule has 0 spiro atoms. The van der Waals surface area contributed by atoms with Crippen molar-refractivity contribution in [3.8, 4) is 5.75 Å². The number of carbonyl (C=O) groups excluding carboxylic acids is 1. The van der Waals surface area contributed by atoms with Crippen LogP contribution in [-0.2, 0) is 0 Å². The molecule has 1 aromatic carbocycles. The van der Waals surface area contributed by atoms with Crippen LogP contribution < -0.4 is 0 Å². The lowest BCUT2D eigenvalue weighted by atomic mass is 10.1. The van der Waals surface area contributed by atoms with Gasteiger partial charge in [0.05, 0.1) is 5.56 Å². The molecule has 0 amide bonds. The standard InChI is InChI=1S/C11H9NO2S/c1-7-2-3-8(9(13)6-7)10(14)11-12-4-5-15-11/h2-6,13H,1H3. The Balaban J connectivity index is 2.42. The van der Waals surface area contributed by atoms with Crippen molar-refractivity contribution in [1.29, 1.82) is 0 Å². The summed E-state index contributed by atoms with van der Waals surface area (Å²) in [6, 6.07) is 4.98. The van der Waals surface area contributed by atoms with Gasteiger partial charge in [-0.3, -0.25) is 4.79 Å². The Kier molecular flexibility index (Phi) is 2.51. The van der Waals surface area contributed by atoms with E-state index in [4.69, 9.17) is 0 Å². The van der Waals surface area contributed by atoms with Gasteiger partial charge in [0.15, 0.2) is 5.01 Å². The lowest BCUT2D eigenvalue weighted by Gasteiger charge is -2.02. The van der Waals surface area contributed by atoms with Crippen LogP contribution in [0.5, 0.6) is 5.75 Å². The predicted octanol–water partition coefficient (Wildman–Crippen LogP) is 2.39. The SMILES string of the molecule is Cc1ccc(C(=O)c2nccs2)c(O)c1. The van der Waals surface area contributed by atoms with Gasteiger partial charge in [-0.2, -0.15) is 0 Å². The van der Waals surface area contributed by atoms with Crippen LogP contribution >= 0.6 is 11.3 Å². The Morgan fingerprint density at radius 3 is 2.87 bits per heavy atom. The number of thiazole rings is 1. The summed E-state index contributed by atoms with van der Waals surface area (Å²) in [6.07, 6.45) is 1.57. The van der Waals surface area contributed by atoms with Gasteiger partial charge in [-0.1, -0.05) is 6.07 Å². The lowest BCUT2D eigenvalue weighted by Crippen LogP contribution is -2.00. The van der Waals surface area contributed by atoms with Crippen molar-refractivity contribution in [2.24, 2.45) is 0 Å². The number of phenolic OH excluding ortho intramolecular Hbond substituents is 1. The molecular weight excluding hydrogens is 210 g/mol. The average Bonchev–Trinajstić information content (AvgIpc) is 2.69. The maximum absolute atomic E-state index is 11.8. The number of rotatable bonds is 2. The first-order chi connectivity index (χ1) is 7.18. The summed E-state index contributed by atoms with van der Waals surface area (Å²) in [5.41, 5.74) is 1.22. The van der Waals surface area contributed by atoms with Crippen LogP contribution in [0.3, 0.4) is 0 Å². The zero-order valence-corrected chi connectivity index (χ0v) is 8.91. The molecule has 1 heterocycles. The van der Waals surface area contributed by atoms with Crippen LogP contribution in [0.25, 0.3) is 0 Å². The van der Waals surface area contributed by atoms with E-state index in [1.54, 1.807) is 29.8 Å². The van der Waals surface area contributed by atoms with E-state index in [-0.39, 0.29) is 11.5 Å². The van der Waals surface area contributed by atoms with E-state index < -0.39 is 0 Å². The van der Waals surface area contributed by atoms with Gasteiger partial charge in [-0.15, -0.1) is 11.3 Å². The van der Waals surface area contributed by atoms with Crippen LogP contribution in [-0.4, -0.2) is 15.9 Å². The van der Waals surface area contributed by atoms with Crippen LogP contribution in [0.1, 0.15) is 20.9 Å². The van der Waals surface area contributed by atoms with Crippen molar-refractivity contribution in [2.45, 2.75) is 6.92 Å². The molecule has 3 nitrogen and oxygen atoms in total. The van der Waals surface area contributed by atoms with E-state index in [0.29, 0.717) is 10.6 Å². The van der Waals surface area contributed by atoms with Gasteiger partial charge in [0.25, 0.3) is 0 Å². The van der Waals surface area contributed by atoms with Gasteiger partial charge < -0.3 is 5.11 Å². The first kappa shape index (κ1) is 9.86. The third-order valence-corrected chi connectivity index (χ3v) is 2.80. The van der Waals surface area contributed by atoms with E-state index in [1.807, 2.05) is 6.92 Å². The molecule has 76 valence electrons. The number of aromatic hydroxyl groups is 1. The second-order valence-corrected chi connectivity index (χ2v) is 4.08. The molecule has 0 radical (unpaired) electrons. The van der Waals surface area contributed by atoms with Gasteiger partial charge in [0.2, 0.25) is 5.78 Å². The van der Waals surface area contributed by atoms with Gasteiger partial charge in [0, 0.05) is 11.6 Å². The van der Waals surface area contributed by atoms with Crippen molar-refractivity contribution in [3.63, 3.8) is 0 Å². The van der Waals surface area contributed by atoms with Crippen LogP contribution in [0, 0.1) is 6.92 Å². The molecule has 0 bridgehead atoms. The summed E-state index contributed by atoms with van der Waals surface area (Å²) in [6.45, 7) is 1.86. The Morgan fingerprint density at radius 1 is 1.47 bits per heavy atom. The third-order valence-electron chi connectivity index (χ3n) is 2.02. The zero-order valence-electron chi connectivity index (χ0n) is 8.10. The summed E-state index contributed by atoms with van der Waals surface area (Å²) >= 11 is 1.27. The van der Waals surface area contributed by atoms with Crippen molar-refractivity contribution < 1.29 is 9.90 Å². The molecule has 15 heavy (non-hydrogen) atoms. The van der Waals surface area contributed by atoms with Gasteiger partial charge >= 0.3 is 0 Å². The molecule has 0 aliphatic rings. The molecule has 2 rings (SSSR count). The molecule has 0 saturated heterocycles. The van der Waals surface area contributed by atoms with Gasteiger partial charge in [-0.25, -0.2) is 4.98 Å². The fraction of sp³-hybridized carbons (Fsp3) is 0.0909. The minimum atomic E-state index is -0.234. The van der Waals surface area contributed by atoms with Crippen molar-refractivity contribution in [1.82, 2.24) is 4.98 Å². The van der Waals surface area contributed by atoms with E-state index in [1.165, 1.54) is 11.3 Å². The summed E-state index contributed by atoms with van der Waals surface area (Å²) in [7, 11) is 0. The smallest absolute Gasteiger partial charge is 0.225 e. The highest BCUT2D eigenvalue weighted by atomic mass is 32.1. The molecule has 0 aliphatic heterocycles. The zero-order chi connectivity index (χ0) is 10.8. The minimum Gasteiger partial charge on any atom is -0.507 e. The molecule has 0 atom stereocenters. The Bertz CT molecular complexity index is 491. The largest absolute Gasteiger partial charge is 0.507 e. The summed E-state index contributed by atoms with van der Waals surface area (Å²) in [5, 5.41) is 11.7. The maximum atomic E-state index is 11.8. The minimum absolute atomic E-state index is 0.00944. The first-order valence-corrected chi connectivity index (χ1v) is 5.30. The topological polar surface area (TPSA) is 50.2 Å². The molecule has 0 saturated carbocycles. The first-order valence-electron chi connectivity index (χ1n) is 4.42. The highest BCUT2D eigenvalue weighted by Crippen LogP contribution is 2.22. The van der Waals surface area contributed by atoms with Crippen molar-refractivity contribution in [3.05, 3.63) is 45.9 Å². The highest BCUT2D eigenvalue weighted by Gasteiger charge is 2.15. The molecule has 1 N–H and O–H groups in total.